The van der Waals surface area contributed by atoms with E-state index in [1.54, 1.807) is 0 Å². The lowest BCUT2D eigenvalue weighted by molar-refractivity contribution is -0.870. The van der Waals surface area contributed by atoms with E-state index in [0.717, 1.165) is 38.5 Å². The molecule has 0 rings (SSSR count). The Labute approximate surface area is 438 Å². The van der Waals surface area contributed by atoms with Crippen molar-refractivity contribution in [3.05, 3.63) is 0 Å². The molecule has 0 aromatic carbocycles. The molecule has 3 unspecified atom stereocenters. The van der Waals surface area contributed by atoms with Crippen LogP contribution in [-0.2, 0) is 18.4 Å². The van der Waals surface area contributed by atoms with E-state index in [9.17, 15) is 19.4 Å². The Morgan fingerprint density at radius 1 is 0.429 bits per heavy atom. The topological polar surface area (TPSA) is 105 Å². The standard InChI is InChI=1S/C61H125N2O6P/c1-6-8-10-12-14-16-18-20-22-23-24-25-26-27-28-29-30-31-32-33-34-35-36-37-38-39-41-42-44-46-48-50-52-54-60(64)59(58-69-70(66,67)68-57-56-63(3,4)5)62-61(65)55-53-51-49-47-45-43-40-21-19-17-15-13-11-9-7-2/h59-60,64H,6-58H2,1-5H3,(H-,62,65,66,67)/p+1. The Balaban J connectivity index is 3.95. The summed E-state index contributed by atoms with van der Waals surface area (Å²) in [6.45, 7) is 4.94. The maximum Gasteiger partial charge on any atom is 0.472 e. The maximum atomic E-state index is 13.0. The van der Waals surface area contributed by atoms with E-state index in [0.29, 0.717) is 23.9 Å². The van der Waals surface area contributed by atoms with Crippen molar-refractivity contribution < 1.29 is 32.9 Å². The van der Waals surface area contributed by atoms with Crippen LogP contribution in [0.2, 0.25) is 0 Å². The molecule has 0 aliphatic carbocycles. The quantitative estimate of drug-likeness (QED) is 0.0318. The summed E-state index contributed by atoms with van der Waals surface area (Å²) in [5.74, 6) is -0.137. The third kappa shape index (κ3) is 55.3. The number of aliphatic hydroxyl groups is 1. The Morgan fingerprint density at radius 2 is 0.686 bits per heavy atom. The van der Waals surface area contributed by atoms with Crippen molar-refractivity contribution in [1.29, 1.82) is 0 Å². The predicted octanol–water partition coefficient (Wildman–Crippen LogP) is 19.2. The average Bonchev–Trinajstić information content (AvgIpc) is 3.32. The van der Waals surface area contributed by atoms with Gasteiger partial charge in [0.1, 0.15) is 13.2 Å². The summed E-state index contributed by atoms with van der Waals surface area (Å²) in [6.07, 6.45) is 64.7. The molecule has 0 bridgehead atoms. The first-order valence-corrected chi connectivity index (χ1v) is 32.9. The van der Waals surface area contributed by atoms with Crippen LogP contribution in [0.4, 0.5) is 0 Å². The van der Waals surface area contributed by atoms with Crippen LogP contribution in [0.5, 0.6) is 0 Å². The monoisotopic (exact) mass is 1010 g/mol. The second kappa shape index (κ2) is 53.3. The van der Waals surface area contributed by atoms with E-state index in [1.165, 1.54) is 270 Å². The summed E-state index contributed by atoms with van der Waals surface area (Å²) < 4.78 is 23.8. The molecule has 0 aromatic heterocycles. The number of hydrogen-bond acceptors (Lipinski definition) is 5. The third-order valence-electron chi connectivity index (χ3n) is 14.9. The van der Waals surface area contributed by atoms with E-state index >= 15 is 0 Å². The number of aliphatic hydroxyl groups excluding tert-OH is 1. The normalized spacial score (nSPS) is 13.8. The van der Waals surface area contributed by atoms with Crippen LogP contribution < -0.4 is 5.32 Å². The number of nitrogens with one attached hydrogen (secondary N) is 1. The van der Waals surface area contributed by atoms with Gasteiger partial charge in [0.15, 0.2) is 0 Å². The van der Waals surface area contributed by atoms with Crippen LogP contribution >= 0.6 is 7.82 Å². The number of phosphoric acid groups is 1. The molecular formula is C61H126N2O6P+. The van der Waals surface area contributed by atoms with Crippen LogP contribution in [0.25, 0.3) is 0 Å². The third-order valence-corrected chi connectivity index (χ3v) is 15.8. The van der Waals surface area contributed by atoms with Crippen LogP contribution in [0, 0.1) is 0 Å². The SMILES string of the molecule is CCCCCCCCCCCCCCCCCCCCCCCCCCCCCCCCCCCC(O)C(COP(=O)(O)OCC[N+](C)(C)C)NC(=O)CCCCCCCCCCCCCCCCC. The van der Waals surface area contributed by atoms with E-state index in [-0.39, 0.29) is 19.1 Å². The number of unbranched alkanes of at least 4 members (excludes halogenated alkanes) is 46. The van der Waals surface area contributed by atoms with Crippen LogP contribution in [0.15, 0.2) is 0 Å². The van der Waals surface area contributed by atoms with Crippen molar-refractivity contribution in [2.24, 2.45) is 0 Å². The highest BCUT2D eigenvalue weighted by atomic mass is 31.2. The fourth-order valence-electron chi connectivity index (χ4n) is 9.93. The molecule has 70 heavy (non-hydrogen) atoms. The van der Waals surface area contributed by atoms with Crippen molar-refractivity contribution >= 4 is 13.7 Å². The van der Waals surface area contributed by atoms with Gasteiger partial charge in [0.05, 0.1) is 39.9 Å². The van der Waals surface area contributed by atoms with Crippen molar-refractivity contribution in [3.63, 3.8) is 0 Å². The highest BCUT2D eigenvalue weighted by Gasteiger charge is 2.28. The second-order valence-electron chi connectivity index (χ2n) is 23.2. The number of carbonyl (C=O) groups is 1. The highest BCUT2D eigenvalue weighted by molar-refractivity contribution is 7.47. The molecule has 0 spiro atoms. The number of carbonyl (C=O) groups excluding carboxylic acids is 1. The van der Waals surface area contributed by atoms with E-state index in [4.69, 9.17) is 9.05 Å². The number of rotatable bonds is 59. The van der Waals surface area contributed by atoms with Gasteiger partial charge in [0.2, 0.25) is 5.91 Å². The zero-order valence-electron chi connectivity index (χ0n) is 48.1. The van der Waals surface area contributed by atoms with Gasteiger partial charge in [-0.05, 0) is 12.8 Å². The summed E-state index contributed by atoms with van der Waals surface area (Å²) in [6, 6.07) is -0.755. The van der Waals surface area contributed by atoms with Crippen molar-refractivity contribution in [2.45, 2.75) is 347 Å². The van der Waals surface area contributed by atoms with Gasteiger partial charge in [-0.3, -0.25) is 13.8 Å². The molecule has 9 heteroatoms. The highest BCUT2D eigenvalue weighted by Crippen LogP contribution is 2.43. The smallest absolute Gasteiger partial charge is 0.391 e. The molecular weight excluding hydrogens is 888 g/mol. The molecule has 3 N–H and O–H groups in total. The Bertz CT molecular complexity index is 1100. The molecule has 0 aliphatic heterocycles. The number of amides is 1. The minimum atomic E-state index is -4.32. The van der Waals surface area contributed by atoms with Gasteiger partial charge in [-0.2, -0.15) is 0 Å². The van der Waals surface area contributed by atoms with Crippen LogP contribution in [0.1, 0.15) is 335 Å². The van der Waals surface area contributed by atoms with Crippen LogP contribution in [-0.4, -0.2) is 73.4 Å². The van der Waals surface area contributed by atoms with Crippen LogP contribution in [0.3, 0.4) is 0 Å². The van der Waals surface area contributed by atoms with E-state index < -0.39 is 20.0 Å². The first-order valence-electron chi connectivity index (χ1n) is 31.4. The van der Waals surface area contributed by atoms with Gasteiger partial charge in [-0.25, -0.2) is 4.57 Å². The van der Waals surface area contributed by atoms with Crippen molar-refractivity contribution in [1.82, 2.24) is 5.32 Å². The van der Waals surface area contributed by atoms with Gasteiger partial charge in [-0.15, -0.1) is 0 Å². The van der Waals surface area contributed by atoms with Gasteiger partial charge >= 0.3 is 7.82 Å². The molecule has 0 fully saturated rings. The molecule has 3 atom stereocenters. The summed E-state index contributed by atoms with van der Waals surface area (Å²) in [5.41, 5.74) is 0. The molecule has 0 saturated carbocycles. The van der Waals surface area contributed by atoms with E-state index in [2.05, 4.69) is 19.2 Å². The Kier molecular flexibility index (Phi) is 52.9. The largest absolute Gasteiger partial charge is 0.472 e. The molecule has 8 nitrogen and oxygen atoms in total. The Hall–Kier alpha value is -0.500. The fraction of sp³-hybridized carbons (Fsp3) is 0.984. The predicted molar refractivity (Wildman–Crippen MR) is 305 cm³/mol. The summed E-state index contributed by atoms with van der Waals surface area (Å²) in [5, 5.41) is 14.1. The molecule has 0 radical (unpaired) electrons. The number of phosphoric ester groups is 1. The molecule has 420 valence electrons. The summed E-state index contributed by atoms with van der Waals surface area (Å²) in [7, 11) is 1.64. The summed E-state index contributed by atoms with van der Waals surface area (Å²) >= 11 is 0. The lowest BCUT2D eigenvalue weighted by atomic mass is 10.0. The zero-order valence-corrected chi connectivity index (χ0v) is 48.9. The average molecular weight is 1010 g/mol. The number of likely N-dealkylation sites (N-methyl/N-ethyl adjacent to an activating group) is 1. The Morgan fingerprint density at radius 3 is 0.957 bits per heavy atom. The summed E-state index contributed by atoms with van der Waals surface area (Å²) in [4.78, 5) is 23.3. The van der Waals surface area contributed by atoms with Crippen molar-refractivity contribution in [2.75, 3.05) is 40.9 Å². The number of nitrogens with zero attached hydrogens (tertiary/aromatic N) is 1. The van der Waals surface area contributed by atoms with Gasteiger partial charge in [0, 0.05) is 6.42 Å². The molecule has 0 heterocycles. The van der Waals surface area contributed by atoms with Gasteiger partial charge < -0.3 is 19.8 Å². The van der Waals surface area contributed by atoms with Gasteiger partial charge in [0.25, 0.3) is 0 Å². The maximum absolute atomic E-state index is 13.0. The lowest BCUT2D eigenvalue weighted by Crippen LogP contribution is -2.46. The molecule has 1 amide bonds. The minimum absolute atomic E-state index is 0.0791. The number of hydrogen-bond donors (Lipinski definition) is 3. The fourth-order valence-corrected chi connectivity index (χ4v) is 10.7. The second-order valence-corrected chi connectivity index (χ2v) is 24.6. The molecule has 0 saturated heterocycles. The first kappa shape index (κ1) is 69.5. The first-order chi connectivity index (χ1) is 34.0. The number of quaternary nitrogens is 1. The minimum Gasteiger partial charge on any atom is -0.391 e. The van der Waals surface area contributed by atoms with Gasteiger partial charge in [-0.1, -0.05) is 316 Å². The lowest BCUT2D eigenvalue weighted by Gasteiger charge is -2.26. The molecule has 0 aromatic rings. The molecule has 0 aliphatic rings. The van der Waals surface area contributed by atoms with E-state index in [1.807, 2.05) is 21.1 Å². The van der Waals surface area contributed by atoms with Crippen molar-refractivity contribution in [3.8, 4) is 0 Å². The zero-order chi connectivity index (χ0) is 51.3.